The highest BCUT2D eigenvalue weighted by Gasteiger charge is 2.27. The normalized spacial score (nSPS) is 13.6. The Hall–Kier alpha value is -2.19. The van der Waals surface area contributed by atoms with Gasteiger partial charge in [0.25, 0.3) is 0 Å². The Bertz CT molecular complexity index is 887. The second kappa shape index (κ2) is 6.37. The number of thiophene rings is 1. The first kappa shape index (κ1) is 16.7. The summed E-state index contributed by atoms with van der Waals surface area (Å²) in [5, 5.41) is 1.78. The minimum absolute atomic E-state index is 0.247. The molecule has 8 heteroatoms. The van der Waals surface area contributed by atoms with Crippen LogP contribution in [-0.4, -0.2) is 39.6 Å². The second-order valence-corrected chi connectivity index (χ2v) is 8.26. The molecule has 1 aromatic heterocycles. The Labute approximate surface area is 143 Å². The number of benzene rings is 1. The van der Waals surface area contributed by atoms with Gasteiger partial charge >= 0.3 is 5.97 Å². The van der Waals surface area contributed by atoms with Gasteiger partial charge in [0.15, 0.2) is 6.61 Å². The number of hydrogen-bond donors (Lipinski definition) is 0. The van der Waals surface area contributed by atoms with E-state index in [0.29, 0.717) is 29.1 Å². The summed E-state index contributed by atoms with van der Waals surface area (Å²) in [6, 6.07) is 8.17. The molecule has 0 atom stereocenters. The molecule has 1 aromatic carbocycles. The standard InChI is InChI=1S/C16H15NO5S2/c1-24(20,21)17-7-6-11-9-12(4-5-13(11)17)16(19)22-10-14(18)15-3-2-8-23-15/h2-5,8-9H,6-7,10H2,1H3. The predicted octanol–water partition coefficient (Wildman–Crippen LogP) is 2.11. The summed E-state index contributed by atoms with van der Waals surface area (Å²) >= 11 is 1.29. The number of carbonyl (C=O) groups excluding carboxylic acids is 2. The van der Waals surface area contributed by atoms with Crippen LogP contribution in [0.3, 0.4) is 0 Å². The van der Waals surface area contributed by atoms with Gasteiger partial charge in [-0.25, -0.2) is 13.2 Å². The molecule has 0 radical (unpaired) electrons. The van der Waals surface area contributed by atoms with Gasteiger partial charge in [-0.1, -0.05) is 6.07 Å². The van der Waals surface area contributed by atoms with Gasteiger partial charge in [-0.15, -0.1) is 11.3 Å². The van der Waals surface area contributed by atoms with Crippen LogP contribution in [0.15, 0.2) is 35.7 Å². The molecule has 2 heterocycles. The summed E-state index contributed by atoms with van der Waals surface area (Å²) < 4.78 is 29.8. The molecule has 3 rings (SSSR count). The zero-order chi connectivity index (χ0) is 17.3. The van der Waals surface area contributed by atoms with Gasteiger partial charge in [-0.05, 0) is 41.6 Å². The van der Waals surface area contributed by atoms with Gasteiger partial charge in [0.05, 0.1) is 22.4 Å². The zero-order valence-corrected chi connectivity index (χ0v) is 14.5. The van der Waals surface area contributed by atoms with Gasteiger partial charge in [0.1, 0.15) is 0 Å². The van der Waals surface area contributed by atoms with E-state index in [0.717, 1.165) is 11.8 Å². The van der Waals surface area contributed by atoms with Crippen molar-refractivity contribution in [1.29, 1.82) is 0 Å². The molecule has 0 saturated carbocycles. The van der Waals surface area contributed by atoms with Crippen LogP contribution in [-0.2, 0) is 21.2 Å². The summed E-state index contributed by atoms with van der Waals surface area (Å²) in [5.41, 5.74) is 1.67. The summed E-state index contributed by atoms with van der Waals surface area (Å²) in [7, 11) is -3.32. The van der Waals surface area contributed by atoms with Crippen LogP contribution in [0.4, 0.5) is 5.69 Å². The van der Waals surface area contributed by atoms with E-state index in [-0.39, 0.29) is 12.4 Å². The molecule has 0 amide bonds. The third-order valence-electron chi connectivity index (χ3n) is 3.70. The van der Waals surface area contributed by atoms with Crippen molar-refractivity contribution in [1.82, 2.24) is 0 Å². The lowest BCUT2D eigenvalue weighted by Gasteiger charge is -2.16. The number of rotatable bonds is 5. The van der Waals surface area contributed by atoms with Crippen molar-refractivity contribution in [2.24, 2.45) is 0 Å². The monoisotopic (exact) mass is 365 g/mol. The topological polar surface area (TPSA) is 80.8 Å². The Morgan fingerprint density at radius 3 is 2.75 bits per heavy atom. The number of nitrogens with zero attached hydrogens (tertiary/aromatic N) is 1. The fraction of sp³-hybridized carbons (Fsp3) is 0.250. The molecule has 0 aliphatic carbocycles. The first-order valence-corrected chi connectivity index (χ1v) is 9.93. The highest BCUT2D eigenvalue weighted by Crippen LogP contribution is 2.30. The number of carbonyl (C=O) groups is 2. The summed E-state index contributed by atoms with van der Waals surface area (Å²) in [6.45, 7) is 0.0510. The Morgan fingerprint density at radius 2 is 2.08 bits per heavy atom. The summed E-state index contributed by atoms with van der Waals surface area (Å²) in [5.74, 6) is -0.844. The highest BCUT2D eigenvalue weighted by atomic mass is 32.2. The van der Waals surface area contributed by atoms with Gasteiger partial charge in [-0.3, -0.25) is 9.10 Å². The van der Waals surface area contributed by atoms with Crippen molar-refractivity contribution in [2.75, 3.05) is 23.7 Å². The van der Waals surface area contributed by atoms with Crippen molar-refractivity contribution >= 4 is 38.8 Å². The smallest absolute Gasteiger partial charge is 0.338 e. The maximum absolute atomic E-state index is 12.1. The number of anilines is 1. The predicted molar refractivity (Wildman–Crippen MR) is 91.3 cm³/mol. The van der Waals surface area contributed by atoms with Gasteiger partial charge in [0.2, 0.25) is 15.8 Å². The zero-order valence-electron chi connectivity index (χ0n) is 12.9. The third-order valence-corrected chi connectivity index (χ3v) is 5.79. The first-order valence-electron chi connectivity index (χ1n) is 7.21. The second-order valence-electron chi connectivity index (χ2n) is 5.41. The van der Waals surface area contributed by atoms with E-state index in [1.54, 1.807) is 29.6 Å². The van der Waals surface area contributed by atoms with E-state index in [9.17, 15) is 18.0 Å². The van der Waals surface area contributed by atoms with Crippen LogP contribution in [0.5, 0.6) is 0 Å². The number of hydrogen-bond acceptors (Lipinski definition) is 6. The minimum Gasteiger partial charge on any atom is -0.454 e. The average molecular weight is 365 g/mol. The number of sulfonamides is 1. The van der Waals surface area contributed by atoms with Crippen LogP contribution in [0.1, 0.15) is 25.6 Å². The molecule has 0 bridgehead atoms. The van der Waals surface area contributed by atoms with Gasteiger partial charge in [-0.2, -0.15) is 0 Å². The first-order chi connectivity index (χ1) is 11.4. The lowest BCUT2D eigenvalue weighted by molar-refractivity contribution is 0.0476. The van der Waals surface area contributed by atoms with E-state index in [1.165, 1.54) is 21.7 Å². The van der Waals surface area contributed by atoms with Crippen molar-refractivity contribution in [3.8, 4) is 0 Å². The Balaban J connectivity index is 1.70. The molecule has 0 saturated heterocycles. The molecular formula is C16H15NO5S2. The van der Waals surface area contributed by atoms with Crippen molar-refractivity contribution in [3.05, 3.63) is 51.7 Å². The van der Waals surface area contributed by atoms with Crippen LogP contribution in [0, 0.1) is 0 Å². The van der Waals surface area contributed by atoms with E-state index < -0.39 is 16.0 Å². The van der Waals surface area contributed by atoms with Gasteiger partial charge in [0, 0.05) is 6.54 Å². The maximum atomic E-state index is 12.1. The van der Waals surface area contributed by atoms with E-state index in [4.69, 9.17) is 4.74 Å². The maximum Gasteiger partial charge on any atom is 0.338 e. The van der Waals surface area contributed by atoms with E-state index >= 15 is 0 Å². The van der Waals surface area contributed by atoms with Crippen LogP contribution < -0.4 is 4.31 Å². The van der Waals surface area contributed by atoms with Crippen molar-refractivity contribution in [2.45, 2.75) is 6.42 Å². The lowest BCUT2D eigenvalue weighted by Crippen LogP contribution is -2.27. The molecule has 0 fully saturated rings. The fourth-order valence-electron chi connectivity index (χ4n) is 2.57. The van der Waals surface area contributed by atoms with Crippen LogP contribution >= 0.6 is 11.3 Å². The van der Waals surface area contributed by atoms with Crippen molar-refractivity contribution < 1.29 is 22.7 Å². The average Bonchev–Trinajstić information content (AvgIpc) is 3.19. The molecule has 24 heavy (non-hydrogen) atoms. The van der Waals surface area contributed by atoms with Gasteiger partial charge < -0.3 is 4.74 Å². The van der Waals surface area contributed by atoms with Crippen LogP contribution in [0.2, 0.25) is 0 Å². The SMILES string of the molecule is CS(=O)(=O)N1CCc2cc(C(=O)OCC(=O)c3cccs3)ccc21. The molecule has 0 N–H and O–H groups in total. The molecule has 0 unspecified atom stereocenters. The number of ketones is 1. The highest BCUT2D eigenvalue weighted by molar-refractivity contribution is 7.92. The molecule has 6 nitrogen and oxygen atoms in total. The summed E-state index contributed by atoms with van der Waals surface area (Å²) in [4.78, 5) is 24.5. The molecule has 1 aliphatic rings. The number of esters is 1. The molecule has 2 aromatic rings. The molecule has 1 aliphatic heterocycles. The third kappa shape index (κ3) is 3.34. The Morgan fingerprint density at radius 1 is 1.29 bits per heavy atom. The lowest BCUT2D eigenvalue weighted by atomic mass is 10.1. The number of ether oxygens (including phenoxy) is 1. The van der Waals surface area contributed by atoms with E-state index in [1.807, 2.05) is 0 Å². The van der Waals surface area contributed by atoms with Crippen molar-refractivity contribution in [3.63, 3.8) is 0 Å². The van der Waals surface area contributed by atoms with Crippen LogP contribution in [0.25, 0.3) is 0 Å². The Kier molecular flexibility index (Phi) is 4.42. The number of fused-ring (bicyclic) bond motifs is 1. The molecular weight excluding hydrogens is 350 g/mol. The quantitative estimate of drug-likeness (QED) is 0.599. The fourth-order valence-corrected chi connectivity index (χ4v) is 4.18. The molecule has 0 spiro atoms. The van der Waals surface area contributed by atoms with E-state index in [2.05, 4.69) is 0 Å². The largest absolute Gasteiger partial charge is 0.454 e. The minimum atomic E-state index is -3.32. The molecule has 126 valence electrons. The summed E-state index contributed by atoms with van der Waals surface area (Å²) in [6.07, 6.45) is 1.69. The number of Topliss-reactive ketones (excluding diaryl/α,β-unsaturated/α-hetero) is 1.